The number of hydrogen-bond acceptors (Lipinski definition) is 5. The van der Waals surface area contributed by atoms with Gasteiger partial charge in [0, 0.05) is 17.7 Å². The third kappa shape index (κ3) is 5.78. The molecule has 1 saturated heterocycles. The van der Waals surface area contributed by atoms with E-state index >= 15 is 0 Å². The highest BCUT2D eigenvalue weighted by molar-refractivity contribution is 7.99. The highest BCUT2D eigenvalue weighted by Gasteiger charge is 2.52. The normalized spacial score (nSPS) is 27.3. The minimum atomic E-state index is -2.68. The second-order valence-electron chi connectivity index (χ2n) is 9.75. The van der Waals surface area contributed by atoms with E-state index in [0.29, 0.717) is 6.61 Å². The van der Waals surface area contributed by atoms with Crippen molar-refractivity contribution >= 4 is 47.5 Å². The maximum atomic E-state index is 7.13. The number of ether oxygens (including phenoxy) is 2. The summed E-state index contributed by atoms with van der Waals surface area (Å²) in [6.45, 7) is 9.34. The summed E-state index contributed by atoms with van der Waals surface area (Å²) in [6.07, 6.45) is 1.50. The Balaban J connectivity index is 2.02. The number of hydrogen-bond donors (Lipinski definition) is 1. The van der Waals surface area contributed by atoms with Gasteiger partial charge in [0.2, 0.25) is 0 Å². The number of rotatable bonds is 8. The molecule has 4 unspecified atom stereocenters. The smallest absolute Gasteiger partial charge is 0.261 e. The van der Waals surface area contributed by atoms with Crippen molar-refractivity contribution in [1.29, 1.82) is 0 Å². The van der Waals surface area contributed by atoms with Crippen molar-refractivity contribution in [2.45, 2.75) is 62.2 Å². The summed E-state index contributed by atoms with van der Waals surface area (Å²) in [6, 6.07) is 21.1. The zero-order valence-corrected chi connectivity index (χ0v) is 23.3. The van der Waals surface area contributed by atoms with Gasteiger partial charge >= 0.3 is 0 Å². The molecule has 3 rings (SSSR count). The van der Waals surface area contributed by atoms with E-state index in [9.17, 15) is 0 Å². The molecule has 0 amide bonds. The van der Waals surface area contributed by atoms with Crippen LogP contribution in [0.25, 0.3) is 0 Å². The first-order chi connectivity index (χ1) is 15.6. The van der Waals surface area contributed by atoms with E-state index in [1.54, 1.807) is 11.8 Å². The lowest BCUT2D eigenvalue weighted by Crippen LogP contribution is -2.68. The van der Waals surface area contributed by atoms with Crippen molar-refractivity contribution in [3.8, 4) is 0 Å². The van der Waals surface area contributed by atoms with Gasteiger partial charge in [0.15, 0.2) is 0 Å². The Morgan fingerprint density at radius 1 is 1.09 bits per heavy atom. The summed E-state index contributed by atoms with van der Waals surface area (Å²) >= 11 is 1.63. The molecular formula is C25H37BNO3PSSi. The van der Waals surface area contributed by atoms with Crippen LogP contribution in [-0.2, 0) is 13.9 Å². The van der Waals surface area contributed by atoms with Gasteiger partial charge in [0.25, 0.3) is 8.32 Å². The molecule has 33 heavy (non-hydrogen) atoms. The van der Waals surface area contributed by atoms with Crippen LogP contribution in [0.5, 0.6) is 0 Å². The Hall–Kier alpha value is -0.658. The highest BCUT2D eigenvalue weighted by Crippen LogP contribution is 2.38. The Kier molecular flexibility index (Phi) is 9.29. The summed E-state index contributed by atoms with van der Waals surface area (Å²) in [5.41, 5.74) is 6.37. The molecule has 0 saturated carbocycles. The first kappa shape index (κ1) is 26.9. The largest absolute Gasteiger partial charge is 0.405 e. The molecule has 0 aliphatic carbocycles. The van der Waals surface area contributed by atoms with Gasteiger partial charge in [-0.05, 0) is 21.7 Å². The SMILES string of the molecule is [B]C(P)O[C@H]1C(CO[Si](c2ccccc2)(c2ccccc2)C(C)(C)C)OC(SC)[C@H](N)[C@H]1C. The van der Waals surface area contributed by atoms with Crippen LogP contribution in [-0.4, -0.2) is 58.5 Å². The molecule has 178 valence electrons. The lowest BCUT2D eigenvalue weighted by Gasteiger charge is -2.47. The fourth-order valence-electron chi connectivity index (χ4n) is 4.85. The molecule has 1 fully saturated rings. The van der Waals surface area contributed by atoms with Crippen molar-refractivity contribution < 1.29 is 13.9 Å². The topological polar surface area (TPSA) is 53.7 Å². The van der Waals surface area contributed by atoms with Crippen molar-refractivity contribution in [3.63, 3.8) is 0 Å². The van der Waals surface area contributed by atoms with Gasteiger partial charge in [-0.3, -0.25) is 0 Å². The molecule has 0 bridgehead atoms. The van der Waals surface area contributed by atoms with E-state index in [1.807, 2.05) is 6.26 Å². The third-order valence-electron chi connectivity index (χ3n) is 6.54. The Bertz CT molecular complexity index is 831. The lowest BCUT2D eigenvalue weighted by atomic mass is 9.90. The molecule has 1 heterocycles. The predicted octanol–water partition coefficient (Wildman–Crippen LogP) is 3.33. The van der Waals surface area contributed by atoms with Crippen molar-refractivity contribution in [2.75, 3.05) is 12.9 Å². The lowest BCUT2D eigenvalue weighted by molar-refractivity contribution is -0.155. The van der Waals surface area contributed by atoms with Crippen LogP contribution >= 0.6 is 21.0 Å². The molecule has 2 N–H and O–H groups in total. The van der Waals surface area contributed by atoms with Crippen LogP contribution in [0, 0.1) is 5.92 Å². The van der Waals surface area contributed by atoms with Crippen LogP contribution in [0.4, 0.5) is 0 Å². The summed E-state index contributed by atoms with van der Waals surface area (Å²) in [5.74, 6) is -0.412. The molecule has 8 heteroatoms. The molecule has 1 aliphatic heterocycles. The second kappa shape index (κ2) is 11.4. The quantitative estimate of drug-likeness (QED) is 0.445. The summed E-state index contributed by atoms with van der Waals surface area (Å²) < 4.78 is 19.7. The van der Waals surface area contributed by atoms with E-state index in [1.165, 1.54) is 10.4 Å². The zero-order valence-electron chi connectivity index (χ0n) is 20.3. The van der Waals surface area contributed by atoms with E-state index in [-0.39, 0.29) is 34.6 Å². The Morgan fingerprint density at radius 2 is 1.61 bits per heavy atom. The average molecular weight is 502 g/mol. The molecule has 0 aromatic heterocycles. The van der Waals surface area contributed by atoms with Crippen LogP contribution in [0.1, 0.15) is 27.7 Å². The maximum Gasteiger partial charge on any atom is 0.261 e. The molecule has 1 aliphatic rings. The Morgan fingerprint density at radius 3 is 2.03 bits per heavy atom. The van der Waals surface area contributed by atoms with Crippen LogP contribution in [0.15, 0.2) is 60.7 Å². The highest BCUT2D eigenvalue weighted by atomic mass is 32.2. The van der Waals surface area contributed by atoms with Gasteiger partial charge in [0.05, 0.1) is 12.7 Å². The monoisotopic (exact) mass is 501 g/mol. The first-order valence-corrected chi connectivity index (χ1v) is 15.3. The Labute approximate surface area is 208 Å². The molecule has 2 radical (unpaired) electrons. The number of thioether (sulfide) groups is 1. The summed E-state index contributed by atoms with van der Waals surface area (Å²) in [5, 5.41) is 2.37. The fourth-order valence-corrected chi connectivity index (χ4v) is 10.4. The minimum Gasteiger partial charge on any atom is -0.405 e. The minimum absolute atomic E-state index is 0.0792. The zero-order chi connectivity index (χ0) is 24.2. The van der Waals surface area contributed by atoms with Gasteiger partial charge in [-0.1, -0.05) is 88.4 Å². The van der Waals surface area contributed by atoms with Crippen molar-refractivity contribution in [2.24, 2.45) is 11.7 Å². The molecule has 2 aromatic rings. The van der Waals surface area contributed by atoms with Gasteiger partial charge in [-0.25, -0.2) is 0 Å². The molecule has 2 aromatic carbocycles. The van der Waals surface area contributed by atoms with E-state index in [0.717, 1.165) is 0 Å². The van der Waals surface area contributed by atoms with Crippen molar-refractivity contribution in [3.05, 3.63) is 60.7 Å². The van der Waals surface area contributed by atoms with Gasteiger partial charge in [0.1, 0.15) is 19.4 Å². The van der Waals surface area contributed by atoms with Gasteiger partial charge < -0.3 is 19.6 Å². The molecule has 7 atom stereocenters. The standard InChI is InChI=1S/C25H37BNO3PSSi/c1-17-21(27)23(32-5)29-20(22(17)30-24(26)31)16-28-33(25(2,3)4,18-12-8-6-9-13-18)19-14-10-7-11-15-19/h6-15,17,20-24H,16,27,31H2,1-5H3/t17-,20?,21-,22-,23?,24?/m1/s1. The van der Waals surface area contributed by atoms with Gasteiger partial charge in [-0.2, -0.15) is 0 Å². The third-order valence-corrected chi connectivity index (χ3v) is 12.6. The molecule has 4 nitrogen and oxygen atoms in total. The van der Waals surface area contributed by atoms with E-state index in [2.05, 4.69) is 97.6 Å². The summed E-state index contributed by atoms with van der Waals surface area (Å²) in [4.78, 5) is 0. The van der Waals surface area contributed by atoms with Crippen molar-refractivity contribution in [1.82, 2.24) is 0 Å². The van der Waals surface area contributed by atoms with Crippen LogP contribution < -0.4 is 16.1 Å². The predicted molar refractivity (Wildman–Crippen MR) is 147 cm³/mol. The first-order valence-electron chi connectivity index (χ1n) is 11.5. The molecule has 0 spiro atoms. The van der Waals surface area contributed by atoms with E-state index in [4.69, 9.17) is 27.5 Å². The fraction of sp³-hybridized carbons (Fsp3) is 0.520. The van der Waals surface area contributed by atoms with Crippen LogP contribution in [0.3, 0.4) is 0 Å². The van der Waals surface area contributed by atoms with Gasteiger partial charge in [-0.15, -0.1) is 21.0 Å². The number of benzene rings is 2. The van der Waals surface area contributed by atoms with Crippen LogP contribution in [0.2, 0.25) is 5.04 Å². The number of nitrogens with two attached hydrogens (primary N) is 1. The second-order valence-corrected chi connectivity index (χ2v) is 15.7. The maximum absolute atomic E-state index is 7.13. The van der Waals surface area contributed by atoms with E-state index < -0.39 is 14.1 Å². The average Bonchev–Trinajstić information content (AvgIpc) is 2.79. The molecular weight excluding hydrogens is 464 g/mol. The summed E-state index contributed by atoms with van der Waals surface area (Å²) in [7, 11) is 5.82.